The Balaban J connectivity index is 2.46. The van der Waals surface area contributed by atoms with Gasteiger partial charge in [-0.15, -0.1) is 0 Å². The fourth-order valence-electron chi connectivity index (χ4n) is 1.80. The van der Waals surface area contributed by atoms with Crippen LogP contribution < -0.4 is 10.5 Å². The van der Waals surface area contributed by atoms with E-state index in [-0.39, 0.29) is 4.90 Å². The van der Waals surface area contributed by atoms with Crippen LogP contribution in [0.4, 0.5) is 11.4 Å². The standard InChI is InChI=1S/C13H13Br2N3O2S/c1-7-5-9(14)10(16)6-12(7)21(19,20)18-11-3-4-13(15)17-8(11)2/h3-6,18H,16H2,1-2H3. The van der Waals surface area contributed by atoms with Gasteiger partial charge in [0.05, 0.1) is 16.3 Å². The monoisotopic (exact) mass is 433 g/mol. The number of halogens is 2. The van der Waals surface area contributed by atoms with Crippen molar-refractivity contribution >= 4 is 53.3 Å². The first kappa shape index (κ1) is 16.3. The molecular formula is C13H13Br2N3O2S. The van der Waals surface area contributed by atoms with E-state index >= 15 is 0 Å². The van der Waals surface area contributed by atoms with Crippen LogP contribution in [0.3, 0.4) is 0 Å². The van der Waals surface area contributed by atoms with Gasteiger partial charge in [0, 0.05) is 10.2 Å². The van der Waals surface area contributed by atoms with E-state index in [1.807, 2.05) is 0 Å². The maximum Gasteiger partial charge on any atom is 0.262 e. The average molecular weight is 435 g/mol. The van der Waals surface area contributed by atoms with Crippen molar-refractivity contribution in [1.29, 1.82) is 0 Å². The number of rotatable bonds is 3. The number of aryl methyl sites for hydroxylation is 2. The highest BCUT2D eigenvalue weighted by molar-refractivity contribution is 9.10. The van der Waals surface area contributed by atoms with Gasteiger partial charge in [-0.1, -0.05) is 0 Å². The molecule has 0 atom stereocenters. The van der Waals surface area contributed by atoms with Gasteiger partial charge in [0.25, 0.3) is 10.0 Å². The Labute approximate surface area is 140 Å². The topological polar surface area (TPSA) is 85.1 Å². The van der Waals surface area contributed by atoms with Crippen LogP contribution in [0.2, 0.25) is 0 Å². The lowest BCUT2D eigenvalue weighted by atomic mass is 10.2. The molecule has 0 bridgehead atoms. The number of hydrogen-bond donors (Lipinski definition) is 2. The Kier molecular flexibility index (Phi) is 4.60. The first-order valence-corrected chi connectivity index (χ1v) is 8.99. The minimum absolute atomic E-state index is 0.144. The summed E-state index contributed by atoms with van der Waals surface area (Å²) in [5.74, 6) is 0. The molecule has 0 spiro atoms. The first-order valence-electron chi connectivity index (χ1n) is 5.92. The third kappa shape index (κ3) is 3.56. The van der Waals surface area contributed by atoms with Crippen LogP contribution in [0.5, 0.6) is 0 Å². The molecule has 0 aliphatic carbocycles. The molecule has 2 aromatic rings. The van der Waals surface area contributed by atoms with Crippen LogP contribution in [0.15, 0.2) is 38.2 Å². The molecule has 0 aliphatic heterocycles. The van der Waals surface area contributed by atoms with Crippen molar-refractivity contribution in [2.75, 3.05) is 10.5 Å². The Morgan fingerprint density at radius 1 is 1.19 bits per heavy atom. The number of nitrogens with zero attached hydrogens (tertiary/aromatic N) is 1. The van der Waals surface area contributed by atoms with E-state index in [4.69, 9.17) is 5.73 Å². The zero-order valence-electron chi connectivity index (χ0n) is 11.3. The molecule has 1 heterocycles. The van der Waals surface area contributed by atoms with Crippen molar-refractivity contribution in [3.8, 4) is 0 Å². The molecule has 21 heavy (non-hydrogen) atoms. The van der Waals surface area contributed by atoms with Crippen LogP contribution in [0.25, 0.3) is 0 Å². The van der Waals surface area contributed by atoms with E-state index in [2.05, 4.69) is 41.6 Å². The van der Waals surface area contributed by atoms with Gasteiger partial charge in [-0.05, 0) is 75.5 Å². The van der Waals surface area contributed by atoms with Crippen molar-refractivity contribution < 1.29 is 8.42 Å². The van der Waals surface area contributed by atoms with Gasteiger partial charge in [0.1, 0.15) is 4.60 Å². The van der Waals surface area contributed by atoms with Crippen LogP contribution in [0.1, 0.15) is 11.3 Å². The summed E-state index contributed by atoms with van der Waals surface area (Å²) in [7, 11) is -3.72. The molecule has 2 rings (SSSR count). The molecule has 0 saturated heterocycles. The number of nitrogens with two attached hydrogens (primary N) is 1. The Bertz CT molecular complexity index is 807. The van der Waals surface area contributed by atoms with Gasteiger partial charge in [0.2, 0.25) is 0 Å². The molecule has 1 aromatic carbocycles. The second-order valence-corrected chi connectivity index (χ2v) is 7.83. The minimum Gasteiger partial charge on any atom is -0.398 e. The number of nitrogens with one attached hydrogen (secondary N) is 1. The summed E-state index contributed by atoms with van der Waals surface area (Å²) >= 11 is 6.52. The van der Waals surface area contributed by atoms with Crippen LogP contribution >= 0.6 is 31.9 Å². The summed E-state index contributed by atoms with van der Waals surface area (Å²) in [6, 6.07) is 6.44. The van der Waals surface area contributed by atoms with Crippen molar-refractivity contribution in [3.05, 3.63) is 44.6 Å². The van der Waals surface area contributed by atoms with Crippen LogP contribution in [-0.4, -0.2) is 13.4 Å². The second kappa shape index (κ2) is 5.94. The van der Waals surface area contributed by atoms with E-state index < -0.39 is 10.0 Å². The third-order valence-electron chi connectivity index (χ3n) is 2.88. The van der Waals surface area contributed by atoms with Gasteiger partial charge < -0.3 is 5.73 Å². The highest BCUT2D eigenvalue weighted by Crippen LogP contribution is 2.28. The van der Waals surface area contributed by atoms with Crippen molar-refractivity contribution in [1.82, 2.24) is 4.98 Å². The van der Waals surface area contributed by atoms with E-state index in [0.717, 1.165) is 0 Å². The van der Waals surface area contributed by atoms with Crippen molar-refractivity contribution in [3.63, 3.8) is 0 Å². The largest absolute Gasteiger partial charge is 0.398 e. The van der Waals surface area contributed by atoms with Crippen molar-refractivity contribution in [2.24, 2.45) is 0 Å². The molecule has 112 valence electrons. The van der Waals surface area contributed by atoms with Crippen LogP contribution in [-0.2, 0) is 10.0 Å². The van der Waals surface area contributed by atoms with E-state index in [1.165, 1.54) is 6.07 Å². The summed E-state index contributed by atoms with van der Waals surface area (Å²) in [6.07, 6.45) is 0. The Morgan fingerprint density at radius 2 is 1.86 bits per heavy atom. The fourth-order valence-corrected chi connectivity index (χ4v) is 4.03. The second-order valence-electron chi connectivity index (χ2n) is 4.51. The SMILES string of the molecule is Cc1cc(Br)c(N)cc1S(=O)(=O)Nc1ccc(Br)nc1C. The molecule has 1 aromatic heterocycles. The van der Waals surface area contributed by atoms with Gasteiger partial charge in [0.15, 0.2) is 0 Å². The molecule has 0 amide bonds. The van der Waals surface area contributed by atoms with Gasteiger partial charge in [-0.25, -0.2) is 13.4 Å². The fraction of sp³-hybridized carbons (Fsp3) is 0.154. The number of pyridine rings is 1. The van der Waals surface area contributed by atoms with Gasteiger partial charge in [-0.3, -0.25) is 4.72 Å². The number of hydrogen-bond acceptors (Lipinski definition) is 4. The number of sulfonamides is 1. The van der Waals surface area contributed by atoms with Crippen LogP contribution in [0, 0.1) is 13.8 Å². The smallest absolute Gasteiger partial charge is 0.262 e. The zero-order chi connectivity index (χ0) is 15.8. The zero-order valence-corrected chi connectivity index (χ0v) is 15.3. The maximum absolute atomic E-state index is 12.5. The quantitative estimate of drug-likeness (QED) is 0.570. The molecule has 8 heteroatoms. The number of aromatic nitrogens is 1. The number of anilines is 2. The summed E-state index contributed by atoms with van der Waals surface area (Å²) in [5.41, 5.74) is 7.75. The predicted octanol–water partition coefficient (Wildman–Crippen LogP) is 3.61. The highest BCUT2D eigenvalue weighted by Gasteiger charge is 2.19. The normalized spacial score (nSPS) is 11.4. The summed E-state index contributed by atoms with van der Waals surface area (Å²) in [5, 5.41) is 0. The lowest BCUT2D eigenvalue weighted by molar-refractivity contribution is 0.600. The number of nitrogen functional groups attached to an aromatic ring is 1. The van der Waals surface area contributed by atoms with E-state index in [9.17, 15) is 8.42 Å². The van der Waals surface area contributed by atoms with Gasteiger partial charge in [-0.2, -0.15) is 0 Å². The molecule has 0 saturated carbocycles. The Hall–Kier alpha value is -1.12. The molecule has 5 nitrogen and oxygen atoms in total. The van der Waals surface area contributed by atoms with Gasteiger partial charge >= 0.3 is 0 Å². The summed E-state index contributed by atoms with van der Waals surface area (Å²) in [6.45, 7) is 3.44. The Morgan fingerprint density at radius 3 is 2.48 bits per heavy atom. The minimum atomic E-state index is -3.72. The maximum atomic E-state index is 12.5. The lowest BCUT2D eigenvalue weighted by Gasteiger charge is -2.13. The first-order chi connectivity index (χ1) is 9.70. The van der Waals surface area contributed by atoms with E-state index in [0.29, 0.717) is 31.7 Å². The molecule has 3 N–H and O–H groups in total. The molecule has 0 fully saturated rings. The summed E-state index contributed by atoms with van der Waals surface area (Å²) in [4.78, 5) is 4.31. The van der Waals surface area contributed by atoms with E-state index in [1.54, 1.807) is 32.0 Å². The molecule has 0 radical (unpaired) electrons. The molecule has 0 aliphatic rings. The average Bonchev–Trinajstić information content (AvgIpc) is 2.37. The summed E-state index contributed by atoms with van der Waals surface area (Å²) < 4.78 is 28.9. The third-order valence-corrected chi connectivity index (χ3v) is 5.52. The molecular weight excluding hydrogens is 422 g/mol. The number of benzene rings is 1. The lowest BCUT2D eigenvalue weighted by Crippen LogP contribution is -2.16. The predicted molar refractivity (Wildman–Crippen MR) is 90.8 cm³/mol. The van der Waals surface area contributed by atoms with Crippen molar-refractivity contribution in [2.45, 2.75) is 18.7 Å². The highest BCUT2D eigenvalue weighted by atomic mass is 79.9. The molecule has 0 unspecified atom stereocenters.